The Balaban J connectivity index is 1.92. The Morgan fingerprint density at radius 2 is 2.25 bits per heavy atom. The molecule has 0 aliphatic heterocycles. The minimum atomic E-state index is 0.415. The molecular weight excluding hydrogens is 204 g/mol. The van der Waals surface area contributed by atoms with Gasteiger partial charge in [0.05, 0.1) is 13.2 Å². The van der Waals surface area contributed by atoms with E-state index in [-0.39, 0.29) is 0 Å². The van der Waals surface area contributed by atoms with Crippen LogP contribution in [0.1, 0.15) is 25.7 Å². The Morgan fingerprint density at radius 1 is 1.44 bits per heavy atom. The van der Waals surface area contributed by atoms with Crippen LogP contribution in [0.15, 0.2) is 0 Å². The highest BCUT2D eigenvalue weighted by Crippen LogP contribution is 2.28. The number of nitrogens with one attached hydrogen (secondary N) is 1. The van der Waals surface area contributed by atoms with Gasteiger partial charge in [0.2, 0.25) is 0 Å². The van der Waals surface area contributed by atoms with Gasteiger partial charge < -0.3 is 20.5 Å². The van der Waals surface area contributed by atoms with Gasteiger partial charge in [-0.3, -0.25) is 0 Å². The second kappa shape index (κ2) is 8.93. The molecule has 1 unspecified atom stereocenters. The third kappa shape index (κ3) is 7.17. The molecule has 0 radical (unpaired) electrons. The Hall–Kier alpha value is -0.160. The van der Waals surface area contributed by atoms with E-state index in [0.717, 1.165) is 51.7 Å². The van der Waals surface area contributed by atoms with Crippen LogP contribution in [-0.2, 0) is 9.47 Å². The smallest absolute Gasteiger partial charge is 0.0615 e. The summed E-state index contributed by atoms with van der Waals surface area (Å²) in [6.07, 6.45) is 4.84. The quantitative estimate of drug-likeness (QED) is 0.514. The largest absolute Gasteiger partial charge is 0.383 e. The molecule has 1 fully saturated rings. The van der Waals surface area contributed by atoms with Crippen molar-refractivity contribution >= 4 is 0 Å². The van der Waals surface area contributed by atoms with Gasteiger partial charge in [0.15, 0.2) is 0 Å². The van der Waals surface area contributed by atoms with Crippen LogP contribution in [0.4, 0.5) is 0 Å². The lowest BCUT2D eigenvalue weighted by molar-refractivity contribution is 0.115. The molecule has 0 aromatic heterocycles. The number of hydrogen-bond donors (Lipinski definition) is 2. The Bertz CT molecular complexity index is 163. The van der Waals surface area contributed by atoms with E-state index in [2.05, 4.69) is 5.32 Å². The first kappa shape index (κ1) is 13.9. The van der Waals surface area contributed by atoms with Gasteiger partial charge in [-0.15, -0.1) is 0 Å². The van der Waals surface area contributed by atoms with E-state index in [9.17, 15) is 0 Å². The highest BCUT2D eigenvalue weighted by molar-refractivity contribution is 4.72. The van der Waals surface area contributed by atoms with Crippen LogP contribution < -0.4 is 11.1 Å². The summed E-state index contributed by atoms with van der Waals surface area (Å²) in [5.74, 6) is 0.854. The molecule has 1 rings (SSSR count). The van der Waals surface area contributed by atoms with Crippen molar-refractivity contribution in [3.8, 4) is 0 Å². The molecule has 0 aromatic rings. The summed E-state index contributed by atoms with van der Waals surface area (Å²) in [6, 6.07) is 0.415. The Kier molecular flexibility index (Phi) is 7.76. The summed E-state index contributed by atoms with van der Waals surface area (Å²) in [6.45, 7) is 4.16. The summed E-state index contributed by atoms with van der Waals surface area (Å²) in [5, 5.41) is 3.44. The highest BCUT2D eigenvalue weighted by atomic mass is 16.5. The lowest BCUT2D eigenvalue weighted by atomic mass is 10.1. The number of methoxy groups -OCH3 is 1. The second-order valence-electron chi connectivity index (χ2n) is 4.56. The molecule has 1 atom stereocenters. The Labute approximate surface area is 98.9 Å². The van der Waals surface area contributed by atoms with Crippen molar-refractivity contribution in [2.24, 2.45) is 11.7 Å². The lowest BCUT2D eigenvalue weighted by Gasteiger charge is -2.17. The van der Waals surface area contributed by atoms with Crippen molar-refractivity contribution in [3.63, 3.8) is 0 Å². The van der Waals surface area contributed by atoms with E-state index in [1.54, 1.807) is 7.11 Å². The van der Waals surface area contributed by atoms with E-state index < -0.39 is 0 Å². The fraction of sp³-hybridized carbons (Fsp3) is 1.00. The van der Waals surface area contributed by atoms with E-state index in [4.69, 9.17) is 15.2 Å². The maximum atomic E-state index is 5.56. The van der Waals surface area contributed by atoms with Gasteiger partial charge in [-0.2, -0.15) is 0 Å². The van der Waals surface area contributed by atoms with Crippen molar-refractivity contribution in [3.05, 3.63) is 0 Å². The number of rotatable bonds is 11. The second-order valence-corrected chi connectivity index (χ2v) is 4.56. The first-order chi connectivity index (χ1) is 7.86. The van der Waals surface area contributed by atoms with Crippen LogP contribution in [-0.4, -0.2) is 46.1 Å². The molecule has 16 heavy (non-hydrogen) atoms. The molecular formula is C12H26N2O2. The predicted octanol–water partition coefficient (Wildman–Crippen LogP) is 0.757. The Morgan fingerprint density at radius 3 is 2.88 bits per heavy atom. The standard InChI is InChI=1S/C12H26N2O2/c1-15-10-12(3-2-6-13)14-7-8-16-9-11-4-5-11/h11-12,14H,2-10,13H2,1H3. The molecule has 1 saturated carbocycles. The SMILES string of the molecule is COCC(CCCN)NCCOCC1CC1. The van der Waals surface area contributed by atoms with Crippen molar-refractivity contribution < 1.29 is 9.47 Å². The van der Waals surface area contributed by atoms with Crippen LogP contribution in [0.2, 0.25) is 0 Å². The van der Waals surface area contributed by atoms with E-state index >= 15 is 0 Å². The van der Waals surface area contributed by atoms with Gasteiger partial charge in [-0.05, 0) is 38.1 Å². The molecule has 4 heteroatoms. The number of nitrogens with two attached hydrogens (primary N) is 1. The summed E-state index contributed by atoms with van der Waals surface area (Å²) in [5.41, 5.74) is 5.50. The van der Waals surface area contributed by atoms with Crippen LogP contribution in [0, 0.1) is 5.92 Å². The fourth-order valence-electron chi connectivity index (χ4n) is 1.68. The minimum Gasteiger partial charge on any atom is -0.383 e. The van der Waals surface area contributed by atoms with Crippen molar-refractivity contribution in [1.29, 1.82) is 0 Å². The third-order valence-electron chi connectivity index (χ3n) is 2.85. The lowest BCUT2D eigenvalue weighted by Crippen LogP contribution is -2.36. The molecule has 0 spiro atoms. The van der Waals surface area contributed by atoms with Crippen molar-refractivity contribution in [2.75, 3.05) is 40.0 Å². The predicted molar refractivity (Wildman–Crippen MR) is 65.5 cm³/mol. The zero-order valence-electron chi connectivity index (χ0n) is 10.4. The summed E-state index contributed by atoms with van der Waals surface area (Å²) < 4.78 is 10.7. The monoisotopic (exact) mass is 230 g/mol. The van der Waals surface area contributed by atoms with Gasteiger partial charge >= 0.3 is 0 Å². The fourth-order valence-corrected chi connectivity index (χ4v) is 1.68. The molecule has 3 N–H and O–H groups in total. The van der Waals surface area contributed by atoms with E-state index in [1.165, 1.54) is 12.8 Å². The van der Waals surface area contributed by atoms with Gasteiger partial charge in [-0.1, -0.05) is 0 Å². The van der Waals surface area contributed by atoms with Crippen LogP contribution in [0.25, 0.3) is 0 Å². The van der Waals surface area contributed by atoms with Gasteiger partial charge in [-0.25, -0.2) is 0 Å². The zero-order chi connectivity index (χ0) is 11.6. The van der Waals surface area contributed by atoms with Crippen LogP contribution in [0.5, 0.6) is 0 Å². The van der Waals surface area contributed by atoms with Gasteiger partial charge in [0.25, 0.3) is 0 Å². The number of ether oxygens (including phenoxy) is 2. The first-order valence-corrected chi connectivity index (χ1v) is 6.37. The molecule has 0 amide bonds. The van der Waals surface area contributed by atoms with Crippen molar-refractivity contribution in [2.45, 2.75) is 31.7 Å². The highest BCUT2D eigenvalue weighted by Gasteiger charge is 2.20. The molecule has 0 heterocycles. The third-order valence-corrected chi connectivity index (χ3v) is 2.85. The van der Waals surface area contributed by atoms with Gasteiger partial charge in [0.1, 0.15) is 0 Å². The van der Waals surface area contributed by atoms with Gasteiger partial charge in [0, 0.05) is 26.3 Å². The van der Waals surface area contributed by atoms with Crippen LogP contribution >= 0.6 is 0 Å². The van der Waals surface area contributed by atoms with E-state index in [0.29, 0.717) is 6.04 Å². The maximum absolute atomic E-state index is 5.56. The molecule has 1 aliphatic rings. The van der Waals surface area contributed by atoms with Crippen molar-refractivity contribution in [1.82, 2.24) is 5.32 Å². The minimum absolute atomic E-state index is 0.415. The molecule has 96 valence electrons. The normalized spacial score (nSPS) is 17.6. The van der Waals surface area contributed by atoms with Crippen LogP contribution in [0.3, 0.4) is 0 Å². The topological polar surface area (TPSA) is 56.5 Å². The zero-order valence-corrected chi connectivity index (χ0v) is 10.4. The van der Waals surface area contributed by atoms with E-state index in [1.807, 2.05) is 0 Å². The molecule has 0 saturated heterocycles. The molecule has 4 nitrogen and oxygen atoms in total. The molecule has 0 bridgehead atoms. The first-order valence-electron chi connectivity index (χ1n) is 6.37. The average molecular weight is 230 g/mol. The maximum Gasteiger partial charge on any atom is 0.0615 e. The molecule has 1 aliphatic carbocycles. The average Bonchev–Trinajstić information content (AvgIpc) is 3.09. The molecule has 0 aromatic carbocycles. The number of hydrogen-bond acceptors (Lipinski definition) is 4. The summed E-state index contributed by atoms with van der Waals surface area (Å²) in [7, 11) is 1.74. The summed E-state index contributed by atoms with van der Waals surface area (Å²) in [4.78, 5) is 0. The summed E-state index contributed by atoms with van der Waals surface area (Å²) >= 11 is 0.